The van der Waals surface area contributed by atoms with E-state index in [9.17, 15) is 9.90 Å². The van der Waals surface area contributed by atoms with Crippen LogP contribution in [0.3, 0.4) is 0 Å². The monoisotopic (exact) mass is 328 g/mol. The maximum Gasteiger partial charge on any atom is 0.339 e. The molecule has 0 bridgehead atoms. The van der Waals surface area contributed by atoms with Crippen LogP contribution in [0.1, 0.15) is 47.5 Å². The summed E-state index contributed by atoms with van der Waals surface area (Å²) in [4.78, 5) is 12.3. The Morgan fingerprint density at radius 2 is 2.00 bits per heavy atom. The lowest BCUT2D eigenvalue weighted by Crippen LogP contribution is -2.49. The van der Waals surface area contributed by atoms with Crippen molar-refractivity contribution in [1.29, 1.82) is 0 Å². The summed E-state index contributed by atoms with van der Waals surface area (Å²) in [5, 5.41) is 10.9. The van der Waals surface area contributed by atoms with Crippen molar-refractivity contribution >= 4 is 14.3 Å². The Labute approximate surface area is 136 Å². The second-order valence-corrected chi connectivity index (χ2v) is 13.0. The predicted molar refractivity (Wildman–Crippen MR) is 91.2 cm³/mol. The number of esters is 1. The number of carbonyl (C=O) groups excluding carboxylic acids is 1. The quantitative estimate of drug-likeness (QED) is 0.475. The van der Waals surface area contributed by atoms with Gasteiger partial charge < -0.3 is 14.3 Å². The highest BCUT2D eigenvalue weighted by Gasteiger charge is 2.52. The molecule has 5 heteroatoms. The lowest BCUT2D eigenvalue weighted by atomic mass is 9.90. The van der Waals surface area contributed by atoms with Gasteiger partial charge in [-0.25, -0.2) is 4.79 Å². The SMILES string of the molecule is C=C1CC[C@](O)(C(=O)OC(C)C)[C@H]1CO[Si](C)(C)C(C)(C)C. The van der Waals surface area contributed by atoms with Crippen LogP contribution < -0.4 is 0 Å². The molecule has 128 valence electrons. The highest BCUT2D eigenvalue weighted by atomic mass is 28.4. The fraction of sp³-hybridized carbons (Fsp3) is 0.824. The average molecular weight is 329 g/mol. The fourth-order valence-electron chi connectivity index (χ4n) is 2.36. The zero-order valence-corrected chi connectivity index (χ0v) is 16.2. The van der Waals surface area contributed by atoms with Crippen LogP contribution in [0.25, 0.3) is 0 Å². The first kappa shape index (κ1) is 19.4. The third kappa shape index (κ3) is 4.00. The smallest absolute Gasteiger partial charge is 0.339 e. The van der Waals surface area contributed by atoms with Gasteiger partial charge in [-0.1, -0.05) is 32.9 Å². The number of ether oxygens (including phenoxy) is 1. The first-order valence-electron chi connectivity index (χ1n) is 8.06. The van der Waals surface area contributed by atoms with E-state index >= 15 is 0 Å². The summed E-state index contributed by atoms with van der Waals surface area (Å²) in [7, 11) is -1.94. The molecule has 0 aromatic heterocycles. The van der Waals surface area contributed by atoms with E-state index in [2.05, 4.69) is 40.4 Å². The molecule has 22 heavy (non-hydrogen) atoms. The highest BCUT2D eigenvalue weighted by Crippen LogP contribution is 2.43. The van der Waals surface area contributed by atoms with Gasteiger partial charge in [0.25, 0.3) is 0 Å². The van der Waals surface area contributed by atoms with E-state index in [1.807, 2.05) is 0 Å². The Morgan fingerprint density at radius 1 is 1.45 bits per heavy atom. The number of rotatable bonds is 5. The van der Waals surface area contributed by atoms with E-state index < -0.39 is 19.9 Å². The summed E-state index contributed by atoms with van der Waals surface area (Å²) in [6.07, 6.45) is 0.755. The summed E-state index contributed by atoms with van der Waals surface area (Å²) >= 11 is 0. The van der Waals surface area contributed by atoms with Gasteiger partial charge in [0, 0.05) is 12.5 Å². The van der Waals surface area contributed by atoms with Crippen molar-refractivity contribution in [3.63, 3.8) is 0 Å². The van der Waals surface area contributed by atoms with Crippen molar-refractivity contribution in [2.24, 2.45) is 5.92 Å². The number of hydrogen-bond donors (Lipinski definition) is 1. The highest BCUT2D eigenvalue weighted by molar-refractivity contribution is 6.74. The molecule has 0 spiro atoms. The number of hydrogen-bond acceptors (Lipinski definition) is 4. The Bertz CT molecular complexity index is 436. The number of carbonyl (C=O) groups is 1. The molecule has 0 radical (unpaired) electrons. The van der Waals surface area contributed by atoms with Gasteiger partial charge in [-0.05, 0) is 44.8 Å². The maximum atomic E-state index is 12.3. The molecule has 0 aliphatic heterocycles. The van der Waals surface area contributed by atoms with Gasteiger partial charge in [0.1, 0.15) is 0 Å². The van der Waals surface area contributed by atoms with Gasteiger partial charge >= 0.3 is 5.97 Å². The Kier molecular flexibility index (Phi) is 5.69. The second kappa shape index (κ2) is 6.46. The van der Waals surface area contributed by atoms with Crippen molar-refractivity contribution in [3.05, 3.63) is 12.2 Å². The average Bonchev–Trinajstić information content (AvgIpc) is 2.62. The minimum Gasteiger partial charge on any atom is -0.461 e. The van der Waals surface area contributed by atoms with Gasteiger partial charge in [-0.15, -0.1) is 0 Å². The van der Waals surface area contributed by atoms with Crippen LogP contribution in [0.15, 0.2) is 12.2 Å². The predicted octanol–water partition coefficient (Wildman–Crippen LogP) is 3.66. The van der Waals surface area contributed by atoms with E-state index in [1.54, 1.807) is 13.8 Å². The Morgan fingerprint density at radius 3 is 2.45 bits per heavy atom. The molecule has 1 fully saturated rings. The molecule has 4 nitrogen and oxygen atoms in total. The van der Waals surface area contributed by atoms with Crippen LogP contribution in [0, 0.1) is 5.92 Å². The van der Waals surface area contributed by atoms with E-state index in [4.69, 9.17) is 9.16 Å². The van der Waals surface area contributed by atoms with Crippen molar-refractivity contribution in [3.8, 4) is 0 Å². The van der Waals surface area contributed by atoms with E-state index in [-0.39, 0.29) is 17.1 Å². The molecular formula is C17H32O4Si. The first-order chi connectivity index (χ1) is 9.81. The van der Waals surface area contributed by atoms with Crippen molar-refractivity contribution in [1.82, 2.24) is 0 Å². The topological polar surface area (TPSA) is 55.8 Å². The second-order valence-electron chi connectivity index (χ2n) is 8.16. The fourth-order valence-corrected chi connectivity index (χ4v) is 3.38. The van der Waals surface area contributed by atoms with E-state index in [0.717, 1.165) is 5.57 Å². The van der Waals surface area contributed by atoms with Crippen LogP contribution in [0.2, 0.25) is 18.1 Å². The Balaban J connectivity index is 2.86. The van der Waals surface area contributed by atoms with Crippen LogP contribution in [-0.4, -0.2) is 37.7 Å². The molecular weight excluding hydrogens is 296 g/mol. The lowest BCUT2D eigenvalue weighted by molar-refractivity contribution is -0.173. The zero-order chi connectivity index (χ0) is 17.3. The number of aliphatic hydroxyl groups is 1. The molecule has 0 amide bonds. The Hall–Kier alpha value is -0.653. The molecule has 1 aliphatic carbocycles. The molecule has 1 aliphatic rings. The maximum absolute atomic E-state index is 12.3. The third-order valence-electron chi connectivity index (χ3n) is 5.01. The largest absolute Gasteiger partial charge is 0.461 e. The molecule has 0 aromatic rings. The summed E-state index contributed by atoms with van der Waals surface area (Å²) in [5.74, 6) is -0.933. The van der Waals surface area contributed by atoms with Crippen LogP contribution >= 0.6 is 0 Å². The summed E-state index contributed by atoms with van der Waals surface area (Å²) in [6, 6.07) is 0. The summed E-state index contributed by atoms with van der Waals surface area (Å²) in [6.45, 7) is 18.8. The first-order valence-corrected chi connectivity index (χ1v) is 11.0. The molecule has 0 saturated heterocycles. The molecule has 1 N–H and O–H groups in total. The molecule has 0 heterocycles. The zero-order valence-electron chi connectivity index (χ0n) is 15.2. The van der Waals surface area contributed by atoms with Crippen LogP contribution in [-0.2, 0) is 14.0 Å². The molecule has 0 unspecified atom stereocenters. The summed E-state index contributed by atoms with van der Waals surface area (Å²) in [5.41, 5.74) is -0.620. The van der Waals surface area contributed by atoms with Gasteiger partial charge in [-0.2, -0.15) is 0 Å². The van der Waals surface area contributed by atoms with Crippen molar-refractivity contribution in [2.75, 3.05) is 6.61 Å². The molecule has 1 rings (SSSR count). The van der Waals surface area contributed by atoms with Crippen molar-refractivity contribution in [2.45, 2.75) is 77.3 Å². The van der Waals surface area contributed by atoms with E-state index in [1.165, 1.54) is 0 Å². The van der Waals surface area contributed by atoms with Gasteiger partial charge in [0.15, 0.2) is 13.9 Å². The standard InChI is InChI=1S/C17H32O4Si/c1-12(2)21-15(18)17(19)10-9-13(3)14(17)11-20-22(7,8)16(4,5)6/h12,14,19H,3,9-11H2,1-2,4-8H3/t14-,17+/m0/s1. The molecule has 2 atom stereocenters. The van der Waals surface area contributed by atoms with Gasteiger partial charge in [0.05, 0.1) is 6.10 Å². The van der Waals surface area contributed by atoms with Gasteiger partial charge in [-0.3, -0.25) is 0 Å². The van der Waals surface area contributed by atoms with Crippen LogP contribution in [0.4, 0.5) is 0 Å². The van der Waals surface area contributed by atoms with Gasteiger partial charge in [0.2, 0.25) is 0 Å². The lowest BCUT2D eigenvalue weighted by Gasteiger charge is -2.38. The van der Waals surface area contributed by atoms with Crippen molar-refractivity contribution < 1.29 is 19.1 Å². The third-order valence-corrected chi connectivity index (χ3v) is 9.51. The molecule has 0 aromatic carbocycles. The normalized spacial score (nSPS) is 26.6. The minimum absolute atomic E-state index is 0.0868. The minimum atomic E-state index is -1.94. The van der Waals surface area contributed by atoms with E-state index in [0.29, 0.717) is 19.4 Å². The van der Waals surface area contributed by atoms with Crippen LogP contribution in [0.5, 0.6) is 0 Å². The molecule has 1 saturated carbocycles. The summed E-state index contributed by atoms with van der Waals surface area (Å²) < 4.78 is 11.4.